The van der Waals surface area contributed by atoms with Crippen LogP contribution in [0.2, 0.25) is 0 Å². The van der Waals surface area contributed by atoms with Crippen molar-refractivity contribution in [1.82, 2.24) is 18.9 Å². The molecule has 2 heterocycles. The van der Waals surface area contributed by atoms with Gasteiger partial charge in [0, 0.05) is 38.8 Å². The van der Waals surface area contributed by atoms with Crippen molar-refractivity contribution in [3.05, 3.63) is 92.0 Å². The molecule has 3 aromatic rings. The molecule has 5 rings (SSSR count). The Labute approximate surface area is 241 Å². The van der Waals surface area contributed by atoms with E-state index in [0.29, 0.717) is 16.0 Å². The van der Waals surface area contributed by atoms with Crippen LogP contribution in [-0.4, -0.2) is 62.0 Å². The van der Waals surface area contributed by atoms with Gasteiger partial charge in [-0.15, -0.1) is 0 Å². The van der Waals surface area contributed by atoms with Crippen molar-refractivity contribution in [3.63, 3.8) is 0 Å². The Morgan fingerprint density at radius 1 is 1.07 bits per heavy atom. The maximum atomic E-state index is 13.7. The Bertz CT molecular complexity index is 1760. The van der Waals surface area contributed by atoms with Gasteiger partial charge in [-0.1, -0.05) is 30.3 Å². The number of aryl methyl sites for hydroxylation is 1. The van der Waals surface area contributed by atoms with Gasteiger partial charge < -0.3 is 19.1 Å². The van der Waals surface area contributed by atoms with Crippen LogP contribution in [0.4, 0.5) is 17.6 Å². The summed E-state index contributed by atoms with van der Waals surface area (Å²) in [6.07, 6.45) is -3.65. The number of alkyl halides is 3. The van der Waals surface area contributed by atoms with Crippen LogP contribution in [0.25, 0.3) is 11.1 Å². The molecule has 10 nitrogen and oxygen atoms in total. The predicted molar refractivity (Wildman–Crippen MR) is 143 cm³/mol. The number of carbonyl (C=O) groups is 3. The van der Waals surface area contributed by atoms with Gasteiger partial charge in [-0.3, -0.25) is 23.7 Å². The van der Waals surface area contributed by atoms with E-state index in [4.69, 9.17) is 4.74 Å². The molecule has 2 atom stereocenters. The largest absolute Gasteiger partial charge is 0.408 e. The molecule has 1 aliphatic carbocycles. The third-order valence-corrected chi connectivity index (χ3v) is 7.86. The average molecular weight is 603 g/mol. The van der Waals surface area contributed by atoms with Crippen molar-refractivity contribution >= 4 is 17.6 Å². The monoisotopic (exact) mass is 602 g/mol. The Hall–Kier alpha value is -4.59. The minimum Gasteiger partial charge on any atom is -0.332 e. The number of amides is 2. The summed E-state index contributed by atoms with van der Waals surface area (Å²) < 4.78 is 62.2. The van der Waals surface area contributed by atoms with E-state index in [1.54, 1.807) is 6.07 Å². The lowest BCUT2D eigenvalue weighted by atomic mass is 9.92. The molecule has 43 heavy (non-hydrogen) atoms. The van der Waals surface area contributed by atoms with E-state index < -0.39 is 72.3 Å². The lowest BCUT2D eigenvalue weighted by molar-refractivity contribution is -0.187. The zero-order valence-corrected chi connectivity index (χ0v) is 23.3. The third-order valence-electron chi connectivity index (χ3n) is 7.86. The Morgan fingerprint density at radius 3 is 2.40 bits per heavy atom. The molecule has 226 valence electrons. The maximum Gasteiger partial charge on any atom is 0.408 e. The highest BCUT2D eigenvalue weighted by Gasteiger charge is 2.59. The summed E-state index contributed by atoms with van der Waals surface area (Å²) >= 11 is 0. The topological polar surface area (TPSA) is 111 Å². The second kappa shape index (κ2) is 10.6. The average Bonchev–Trinajstić information content (AvgIpc) is 3.43. The molecular formula is C29H26F4N4O6. The minimum absolute atomic E-state index is 0.187. The van der Waals surface area contributed by atoms with Crippen molar-refractivity contribution in [2.45, 2.75) is 37.7 Å². The number of fused-ring (bicyclic) bond motifs is 2. The fourth-order valence-electron chi connectivity index (χ4n) is 5.39. The Morgan fingerprint density at radius 2 is 1.74 bits per heavy atom. The molecule has 1 fully saturated rings. The first kappa shape index (κ1) is 29.9. The van der Waals surface area contributed by atoms with E-state index in [0.717, 1.165) is 28.5 Å². The summed E-state index contributed by atoms with van der Waals surface area (Å²) in [6, 6.07) is 6.90. The molecule has 1 aliphatic heterocycles. The van der Waals surface area contributed by atoms with Crippen LogP contribution in [0, 0.1) is 5.82 Å². The van der Waals surface area contributed by atoms with Crippen LogP contribution in [0.1, 0.15) is 23.6 Å². The first-order valence-electron chi connectivity index (χ1n) is 13.1. The lowest BCUT2D eigenvalue weighted by Gasteiger charge is -2.32. The van der Waals surface area contributed by atoms with E-state index in [-0.39, 0.29) is 23.1 Å². The summed E-state index contributed by atoms with van der Waals surface area (Å²) in [7, 11) is 2.81. The molecule has 1 spiro atoms. The third kappa shape index (κ3) is 5.05. The second-order valence-corrected chi connectivity index (χ2v) is 10.6. The lowest BCUT2D eigenvalue weighted by Crippen LogP contribution is -2.51. The van der Waals surface area contributed by atoms with Crippen LogP contribution in [-0.2, 0) is 51.8 Å². The van der Waals surface area contributed by atoms with Gasteiger partial charge in [0.05, 0.1) is 5.56 Å². The van der Waals surface area contributed by atoms with Gasteiger partial charge in [0.15, 0.2) is 5.78 Å². The van der Waals surface area contributed by atoms with Gasteiger partial charge in [-0.05, 0) is 35.7 Å². The predicted octanol–water partition coefficient (Wildman–Crippen LogP) is 2.01. The SMILES string of the molecule is CC(N(Cc1ccc(F)cc1)C(=O)CN1CO[C@]2(C(=O)Cc3cc(-c4cn(C)c(=O)n(C)c4=O)ccc32)C1=O)C(F)(F)F. The number of nitrogens with zero attached hydrogens (tertiary/aromatic N) is 4. The minimum atomic E-state index is -4.79. The fraction of sp³-hybridized carbons (Fsp3) is 0.345. The molecule has 1 saturated heterocycles. The molecule has 2 aliphatic rings. The summed E-state index contributed by atoms with van der Waals surface area (Å²) in [6.45, 7) is -1.01. The normalized spacial score (nSPS) is 18.8. The highest BCUT2D eigenvalue weighted by molar-refractivity contribution is 6.15. The molecule has 0 N–H and O–H groups in total. The molecule has 0 radical (unpaired) electrons. The molecule has 14 heteroatoms. The van der Waals surface area contributed by atoms with Crippen LogP contribution < -0.4 is 11.2 Å². The number of halogens is 4. The first-order valence-corrected chi connectivity index (χ1v) is 13.1. The highest BCUT2D eigenvalue weighted by Crippen LogP contribution is 2.43. The number of rotatable bonds is 6. The van der Waals surface area contributed by atoms with Gasteiger partial charge in [-0.2, -0.15) is 13.2 Å². The first-order chi connectivity index (χ1) is 20.1. The number of carbonyl (C=O) groups excluding carboxylic acids is 3. The molecule has 1 unspecified atom stereocenters. The highest BCUT2D eigenvalue weighted by atomic mass is 19.4. The van der Waals surface area contributed by atoms with Gasteiger partial charge >= 0.3 is 11.9 Å². The number of ether oxygens (including phenoxy) is 1. The van der Waals surface area contributed by atoms with E-state index in [1.165, 1.54) is 49.1 Å². The smallest absolute Gasteiger partial charge is 0.332 e. The van der Waals surface area contributed by atoms with Crippen molar-refractivity contribution < 1.29 is 36.7 Å². The standard InChI is InChI=1S/C29H26F4N4O6/c1-16(29(31,32)33)37(12-17-4-7-20(30)8-5-17)24(39)14-36-15-43-28(26(36)41)22-9-6-18(10-19(22)11-23(28)38)21-13-34(2)27(42)35(3)25(21)40/h4-10,13,16H,11-12,14-15H2,1-3H3/t16?,28-/m1/s1. The maximum absolute atomic E-state index is 13.7. The van der Waals surface area contributed by atoms with Crippen molar-refractivity contribution in [2.24, 2.45) is 14.1 Å². The van der Waals surface area contributed by atoms with E-state index in [1.807, 2.05) is 0 Å². The van der Waals surface area contributed by atoms with Crippen LogP contribution in [0.5, 0.6) is 0 Å². The summed E-state index contributed by atoms with van der Waals surface area (Å²) in [4.78, 5) is 66.3. The Balaban J connectivity index is 1.42. The van der Waals surface area contributed by atoms with Gasteiger partial charge in [-0.25, -0.2) is 9.18 Å². The fourth-order valence-corrected chi connectivity index (χ4v) is 5.39. The summed E-state index contributed by atoms with van der Waals surface area (Å²) in [5, 5.41) is 0. The summed E-state index contributed by atoms with van der Waals surface area (Å²) in [5.41, 5.74) is -1.74. The number of benzene rings is 2. The zero-order chi connectivity index (χ0) is 31.4. The van der Waals surface area contributed by atoms with Crippen LogP contribution in [0.15, 0.2) is 58.3 Å². The number of hydrogen-bond acceptors (Lipinski definition) is 6. The Kier molecular flexibility index (Phi) is 7.37. The van der Waals surface area contributed by atoms with E-state index in [2.05, 4.69) is 0 Å². The van der Waals surface area contributed by atoms with Crippen molar-refractivity contribution in [1.29, 1.82) is 0 Å². The zero-order valence-electron chi connectivity index (χ0n) is 23.3. The molecule has 1 aromatic heterocycles. The van der Waals surface area contributed by atoms with Crippen LogP contribution >= 0.6 is 0 Å². The molecule has 0 bridgehead atoms. The summed E-state index contributed by atoms with van der Waals surface area (Å²) in [5.74, 6) is -3.16. The van der Waals surface area contributed by atoms with E-state index >= 15 is 0 Å². The number of hydrogen-bond donors (Lipinski definition) is 0. The molecule has 0 saturated carbocycles. The number of aromatic nitrogens is 2. The van der Waals surface area contributed by atoms with Gasteiger partial charge in [0.1, 0.15) is 25.1 Å². The second-order valence-electron chi connectivity index (χ2n) is 10.6. The van der Waals surface area contributed by atoms with Gasteiger partial charge in [0.25, 0.3) is 11.5 Å². The van der Waals surface area contributed by atoms with Gasteiger partial charge in [0.2, 0.25) is 11.5 Å². The molecule has 2 aromatic carbocycles. The number of ketones is 1. The van der Waals surface area contributed by atoms with Crippen LogP contribution in [0.3, 0.4) is 0 Å². The van der Waals surface area contributed by atoms with Crippen molar-refractivity contribution in [2.75, 3.05) is 13.3 Å². The van der Waals surface area contributed by atoms with Crippen molar-refractivity contribution in [3.8, 4) is 11.1 Å². The quantitative estimate of drug-likeness (QED) is 0.316. The molecule has 2 amide bonds. The van der Waals surface area contributed by atoms with E-state index in [9.17, 15) is 41.5 Å². The number of Topliss-reactive ketones (excluding diaryl/α,β-unsaturated/α-hetero) is 1. The molecular weight excluding hydrogens is 576 g/mol.